The van der Waals surface area contributed by atoms with Gasteiger partial charge in [-0.3, -0.25) is 14.4 Å². The van der Waals surface area contributed by atoms with Crippen molar-refractivity contribution >= 4 is 29.5 Å². The number of phenolic OH excluding ortho intramolecular Hbond substituents is 1. The summed E-state index contributed by atoms with van der Waals surface area (Å²) in [7, 11) is 0. The van der Waals surface area contributed by atoms with E-state index >= 15 is 0 Å². The van der Waals surface area contributed by atoms with Gasteiger partial charge in [-0.05, 0) is 82.2 Å². The fourth-order valence-corrected chi connectivity index (χ4v) is 4.68. The van der Waals surface area contributed by atoms with Gasteiger partial charge < -0.3 is 31.1 Å². The third-order valence-electron chi connectivity index (χ3n) is 6.79. The Hall–Kier alpha value is -4.08. The summed E-state index contributed by atoms with van der Waals surface area (Å²) in [6.45, 7) is 10.8. The van der Waals surface area contributed by atoms with Crippen molar-refractivity contribution in [1.29, 1.82) is 0 Å². The van der Waals surface area contributed by atoms with Gasteiger partial charge in [0.2, 0.25) is 11.8 Å². The van der Waals surface area contributed by atoms with Crippen LogP contribution in [0.5, 0.6) is 5.75 Å². The molecule has 0 saturated heterocycles. The first-order valence-electron chi connectivity index (χ1n) is 13.4. The second kappa shape index (κ2) is 12.4. The Kier molecular flexibility index (Phi) is 9.44. The maximum atomic E-state index is 14.2. The van der Waals surface area contributed by atoms with E-state index in [1.54, 1.807) is 32.9 Å². The second-order valence-electron chi connectivity index (χ2n) is 11.5. The van der Waals surface area contributed by atoms with Gasteiger partial charge in [0.25, 0.3) is 5.91 Å². The lowest BCUT2D eigenvalue weighted by Crippen LogP contribution is -2.53. The molecule has 1 saturated carbocycles. The van der Waals surface area contributed by atoms with Crippen LogP contribution in [0.25, 0.3) is 0 Å². The molecule has 0 bridgehead atoms. The van der Waals surface area contributed by atoms with E-state index in [4.69, 9.17) is 10.5 Å². The van der Waals surface area contributed by atoms with Crippen LogP contribution in [-0.4, -0.2) is 51.5 Å². The number of anilines is 1. The Morgan fingerprint density at radius 1 is 1.10 bits per heavy atom. The first-order valence-corrected chi connectivity index (χ1v) is 13.4. The Balaban J connectivity index is 2.06. The molecule has 0 radical (unpaired) electrons. The number of alkyl carbamates (subject to hydrolysis) is 1. The molecule has 3 rings (SSSR count). The van der Waals surface area contributed by atoms with E-state index in [1.807, 2.05) is 39.0 Å². The number of nitrogens with two attached hydrogens (primary N) is 1. The number of phenols is 1. The Morgan fingerprint density at radius 3 is 2.23 bits per heavy atom. The number of carbonyl (C=O) groups excluding carboxylic acids is 4. The van der Waals surface area contributed by atoms with Crippen molar-refractivity contribution in [2.24, 2.45) is 11.7 Å². The molecule has 10 nitrogen and oxygen atoms in total. The van der Waals surface area contributed by atoms with Crippen LogP contribution in [0.2, 0.25) is 0 Å². The van der Waals surface area contributed by atoms with Gasteiger partial charge in [0.1, 0.15) is 23.4 Å². The highest BCUT2D eigenvalue weighted by molar-refractivity contribution is 6.00. The van der Waals surface area contributed by atoms with E-state index in [0.29, 0.717) is 17.7 Å². The number of hydrogen-bond donors (Lipinski definition) is 4. The molecule has 4 amide bonds. The van der Waals surface area contributed by atoms with Crippen LogP contribution in [-0.2, 0) is 19.1 Å². The third-order valence-corrected chi connectivity index (χ3v) is 6.79. The van der Waals surface area contributed by atoms with Gasteiger partial charge in [-0.2, -0.15) is 0 Å². The summed E-state index contributed by atoms with van der Waals surface area (Å²) in [5, 5.41) is 15.8. The van der Waals surface area contributed by atoms with Crippen molar-refractivity contribution in [3.8, 4) is 5.75 Å². The van der Waals surface area contributed by atoms with Crippen molar-refractivity contribution < 1.29 is 29.0 Å². The van der Waals surface area contributed by atoms with Gasteiger partial charge in [0.15, 0.2) is 0 Å². The number of rotatable bonds is 10. The predicted octanol–water partition coefficient (Wildman–Crippen LogP) is 4.08. The van der Waals surface area contributed by atoms with Gasteiger partial charge in [0.05, 0.1) is 0 Å². The summed E-state index contributed by atoms with van der Waals surface area (Å²) in [6, 6.07) is 9.23. The SMILES string of the molecule is Cc1cccc(C)c1NC(=O)C(c1cccc(O)c1)N(C(=O)C(CCC(N)=O)NC(=O)OC(C)(C)C)C1CC1C. The molecule has 2 aromatic carbocycles. The molecule has 1 aliphatic rings. The second-order valence-corrected chi connectivity index (χ2v) is 11.5. The maximum Gasteiger partial charge on any atom is 0.408 e. The maximum absolute atomic E-state index is 14.2. The fraction of sp³-hybridized carbons (Fsp3) is 0.467. The Morgan fingerprint density at radius 2 is 1.70 bits per heavy atom. The number of primary amides is 1. The molecule has 0 aromatic heterocycles. The summed E-state index contributed by atoms with van der Waals surface area (Å²) < 4.78 is 5.37. The lowest BCUT2D eigenvalue weighted by Gasteiger charge is -2.35. The lowest BCUT2D eigenvalue weighted by molar-refractivity contribution is -0.142. The van der Waals surface area contributed by atoms with Crippen LogP contribution in [0.3, 0.4) is 0 Å². The van der Waals surface area contributed by atoms with Gasteiger partial charge in [-0.1, -0.05) is 37.3 Å². The number of benzene rings is 2. The average molecular weight is 553 g/mol. The fourth-order valence-electron chi connectivity index (χ4n) is 4.68. The number of nitrogens with one attached hydrogen (secondary N) is 2. The zero-order chi connectivity index (χ0) is 29.8. The van der Waals surface area contributed by atoms with Crippen molar-refractivity contribution in [1.82, 2.24) is 10.2 Å². The normalized spacial score (nSPS) is 17.8. The Bertz CT molecular complexity index is 1250. The lowest BCUT2D eigenvalue weighted by atomic mass is 10.00. The minimum atomic E-state index is -1.18. The molecular weight excluding hydrogens is 512 g/mol. The number of para-hydroxylation sites is 1. The zero-order valence-corrected chi connectivity index (χ0v) is 24.0. The minimum absolute atomic E-state index is 0.0595. The molecular formula is C30H40N4O6. The molecule has 216 valence electrons. The summed E-state index contributed by atoms with van der Waals surface area (Å²) in [5.74, 6) is -1.62. The van der Waals surface area contributed by atoms with Crippen molar-refractivity contribution in [2.45, 2.75) is 84.5 Å². The molecule has 0 heterocycles. The predicted molar refractivity (Wildman–Crippen MR) is 151 cm³/mol. The third kappa shape index (κ3) is 7.97. The monoisotopic (exact) mass is 552 g/mol. The topological polar surface area (TPSA) is 151 Å². The average Bonchev–Trinajstić information content (AvgIpc) is 3.56. The van der Waals surface area contributed by atoms with Crippen LogP contribution in [0, 0.1) is 19.8 Å². The van der Waals surface area contributed by atoms with Crippen LogP contribution >= 0.6 is 0 Å². The summed E-state index contributed by atoms with van der Waals surface area (Å²) in [6.07, 6.45) is -0.415. The first kappa shape index (κ1) is 30.5. The van der Waals surface area contributed by atoms with Gasteiger partial charge in [-0.15, -0.1) is 0 Å². The Labute approximate surface area is 235 Å². The summed E-state index contributed by atoms with van der Waals surface area (Å²) >= 11 is 0. The standard InChI is InChI=1S/C30H40N4O6/c1-17-9-7-10-18(2)25(17)33-27(37)26(20-11-8-12-21(35)16-20)34(23-15-19(23)3)28(38)22(13-14-24(31)36)32-29(39)40-30(4,5)6/h7-12,16,19,22-23,26,35H,13-15H2,1-6H3,(H2,31,36)(H,32,39)(H,33,37). The number of carbonyl (C=O) groups is 4. The number of ether oxygens (including phenoxy) is 1. The molecule has 5 N–H and O–H groups in total. The highest BCUT2D eigenvalue weighted by atomic mass is 16.6. The van der Waals surface area contributed by atoms with Crippen LogP contribution in [0.15, 0.2) is 42.5 Å². The highest BCUT2D eigenvalue weighted by Crippen LogP contribution is 2.41. The summed E-state index contributed by atoms with van der Waals surface area (Å²) in [4.78, 5) is 54.1. The summed E-state index contributed by atoms with van der Waals surface area (Å²) in [5.41, 5.74) is 7.30. The number of nitrogens with zero attached hydrogens (tertiary/aromatic N) is 1. The molecule has 4 atom stereocenters. The molecule has 1 fully saturated rings. The smallest absolute Gasteiger partial charge is 0.408 e. The number of aryl methyl sites for hydroxylation is 2. The van der Waals surface area contributed by atoms with Crippen LogP contribution in [0.4, 0.5) is 10.5 Å². The van der Waals surface area contributed by atoms with Crippen molar-refractivity contribution in [2.75, 3.05) is 5.32 Å². The van der Waals surface area contributed by atoms with E-state index in [9.17, 15) is 24.3 Å². The molecule has 0 aliphatic heterocycles. The van der Waals surface area contributed by atoms with Crippen LogP contribution in [0.1, 0.15) is 69.7 Å². The van der Waals surface area contributed by atoms with Crippen molar-refractivity contribution in [3.63, 3.8) is 0 Å². The molecule has 0 spiro atoms. The highest BCUT2D eigenvalue weighted by Gasteiger charge is 2.48. The van der Waals surface area contributed by atoms with E-state index in [0.717, 1.165) is 11.1 Å². The molecule has 40 heavy (non-hydrogen) atoms. The molecule has 2 aromatic rings. The van der Waals surface area contributed by atoms with E-state index in [-0.39, 0.29) is 30.6 Å². The largest absolute Gasteiger partial charge is 0.508 e. The van der Waals surface area contributed by atoms with E-state index < -0.39 is 41.5 Å². The molecule has 1 aliphatic carbocycles. The minimum Gasteiger partial charge on any atom is -0.508 e. The van der Waals surface area contributed by atoms with Gasteiger partial charge in [-0.25, -0.2) is 4.79 Å². The van der Waals surface area contributed by atoms with Gasteiger partial charge in [0, 0.05) is 18.2 Å². The van der Waals surface area contributed by atoms with Gasteiger partial charge >= 0.3 is 6.09 Å². The van der Waals surface area contributed by atoms with Crippen molar-refractivity contribution in [3.05, 3.63) is 59.2 Å². The van der Waals surface area contributed by atoms with Crippen LogP contribution < -0.4 is 16.4 Å². The quantitative estimate of drug-likeness (QED) is 0.349. The molecule has 4 unspecified atom stereocenters. The zero-order valence-electron chi connectivity index (χ0n) is 24.0. The number of aromatic hydroxyl groups is 1. The number of amides is 4. The number of hydrogen-bond acceptors (Lipinski definition) is 6. The van der Waals surface area contributed by atoms with E-state index in [1.165, 1.54) is 17.0 Å². The first-order chi connectivity index (χ1) is 18.7. The van der Waals surface area contributed by atoms with E-state index in [2.05, 4.69) is 10.6 Å². The molecule has 10 heteroatoms.